The van der Waals surface area contributed by atoms with Crippen molar-refractivity contribution in [2.24, 2.45) is 0 Å². The number of halogens is 1. The lowest BCUT2D eigenvalue weighted by Gasteiger charge is -2.18. The van der Waals surface area contributed by atoms with Crippen molar-refractivity contribution in [3.8, 4) is 17.2 Å². The molecule has 4 rings (SSSR count). The highest BCUT2D eigenvalue weighted by molar-refractivity contribution is 7.99. The summed E-state index contributed by atoms with van der Waals surface area (Å²) in [5, 5.41) is 31.1. The predicted octanol–water partition coefficient (Wildman–Crippen LogP) is 6.45. The van der Waals surface area contributed by atoms with E-state index in [1.165, 1.54) is 31.0 Å². The average molecular weight is 584 g/mol. The van der Waals surface area contributed by atoms with Crippen LogP contribution in [0.5, 0.6) is 11.5 Å². The van der Waals surface area contributed by atoms with Crippen molar-refractivity contribution in [2.45, 2.75) is 37.8 Å². The lowest BCUT2D eigenvalue weighted by atomic mass is 10.1. The first-order chi connectivity index (χ1) is 19.1. The van der Waals surface area contributed by atoms with Gasteiger partial charge in [-0.05, 0) is 79.4 Å². The van der Waals surface area contributed by atoms with E-state index in [4.69, 9.17) is 21.1 Å². The summed E-state index contributed by atoms with van der Waals surface area (Å²) in [5.74, 6) is 1.20. The Hall–Kier alpha value is -4.16. The van der Waals surface area contributed by atoms with Crippen LogP contribution in [0.4, 0.5) is 5.69 Å². The van der Waals surface area contributed by atoms with Crippen molar-refractivity contribution in [1.29, 1.82) is 0 Å². The number of hydrogen-bond donors (Lipinski definition) is 0. The molecule has 0 saturated heterocycles. The third kappa shape index (κ3) is 6.52. The van der Waals surface area contributed by atoms with Crippen LogP contribution in [0.25, 0.3) is 5.69 Å². The molecule has 0 aliphatic heterocycles. The van der Waals surface area contributed by atoms with E-state index in [1.807, 2.05) is 43.5 Å². The Labute approximate surface area is 239 Å². The van der Waals surface area contributed by atoms with Gasteiger partial charge in [-0.2, -0.15) is 0 Å². The normalized spacial score (nSPS) is 11.7. The number of rotatable bonds is 11. The second-order valence-electron chi connectivity index (χ2n) is 9.00. The van der Waals surface area contributed by atoms with E-state index in [-0.39, 0.29) is 28.0 Å². The SMILES string of the molecule is COc1cc([C@H](C[N+](=O)[O-])Sc2nnc(C)n2-c2ccc(C)c(C)c2)cc(Cl)c1OCc1ccc([N+](=O)[O-])cc1. The van der Waals surface area contributed by atoms with Crippen LogP contribution < -0.4 is 9.47 Å². The highest BCUT2D eigenvalue weighted by Gasteiger charge is 2.26. The Bertz CT molecular complexity index is 1560. The number of aromatic nitrogens is 3. The smallest absolute Gasteiger partial charge is 0.269 e. The molecule has 0 unspecified atom stereocenters. The first-order valence-electron chi connectivity index (χ1n) is 12.1. The molecule has 208 valence electrons. The number of nitro benzene ring substituents is 1. The lowest BCUT2D eigenvalue weighted by molar-refractivity contribution is -0.479. The van der Waals surface area contributed by atoms with Gasteiger partial charge in [0.2, 0.25) is 6.54 Å². The van der Waals surface area contributed by atoms with Crippen LogP contribution in [0.15, 0.2) is 59.8 Å². The minimum atomic E-state index is -0.668. The van der Waals surface area contributed by atoms with E-state index in [9.17, 15) is 20.2 Å². The zero-order valence-electron chi connectivity index (χ0n) is 22.2. The third-order valence-electron chi connectivity index (χ3n) is 6.26. The second kappa shape index (κ2) is 12.3. The fraction of sp³-hybridized carbons (Fsp3) is 0.259. The summed E-state index contributed by atoms with van der Waals surface area (Å²) in [5.41, 5.74) is 4.33. The number of aryl methyl sites for hydroxylation is 3. The summed E-state index contributed by atoms with van der Waals surface area (Å²) < 4.78 is 13.3. The Morgan fingerprint density at radius 2 is 1.73 bits per heavy atom. The van der Waals surface area contributed by atoms with Gasteiger partial charge in [-0.15, -0.1) is 10.2 Å². The molecule has 0 aliphatic rings. The predicted molar refractivity (Wildman–Crippen MR) is 151 cm³/mol. The van der Waals surface area contributed by atoms with Crippen molar-refractivity contribution < 1.29 is 19.3 Å². The van der Waals surface area contributed by atoms with Crippen LogP contribution in [0.2, 0.25) is 5.02 Å². The second-order valence-corrected chi connectivity index (χ2v) is 10.6. The van der Waals surface area contributed by atoms with E-state index in [0.29, 0.717) is 27.9 Å². The van der Waals surface area contributed by atoms with Crippen molar-refractivity contribution in [1.82, 2.24) is 14.8 Å². The third-order valence-corrected chi connectivity index (χ3v) is 7.72. The monoisotopic (exact) mass is 583 g/mol. The molecule has 3 aromatic carbocycles. The number of methoxy groups -OCH3 is 1. The molecule has 0 aliphatic carbocycles. The standard InChI is InChI=1S/C27H26ClN5O6S/c1-16-5-8-22(11-17(16)2)32-18(3)29-30-27(32)40-25(14-31(34)35)20-12-23(28)26(24(13-20)38-4)39-15-19-6-9-21(10-7-19)33(36)37/h5-13,25H,14-15H2,1-4H3/t25-/m0/s1. The molecule has 0 N–H and O–H groups in total. The zero-order valence-corrected chi connectivity index (χ0v) is 23.7. The van der Waals surface area contributed by atoms with Gasteiger partial charge in [0.25, 0.3) is 5.69 Å². The highest BCUT2D eigenvalue weighted by Crippen LogP contribution is 2.43. The maximum Gasteiger partial charge on any atom is 0.269 e. The quantitative estimate of drug-likeness (QED) is 0.111. The molecular formula is C27H26ClN5O6S. The Balaban J connectivity index is 1.63. The van der Waals surface area contributed by atoms with Crippen molar-refractivity contribution in [3.05, 3.63) is 108 Å². The number of hydrogen-bond acceptors (Lipinski definition) is 9. The van der Waals surface area contributed by atoms with Crippen molar-refractivity contribution in [3.63, 3.8) is 0 Å². The fourth-order valence-electron chi connectivity index (χ4n) is 3.99. The van der Waals surface area contributed by atoms with E-state index in [0.717, 1.165) is 16.8 Å². The number of benzene rings is 3. The number of non-ortho nitro benzene ring substituents is 1. The van der Waals surface area contributed by atoms with Gasteiger partial charge in [0.05, 0.1) is 17.1 Å². The molecule has 1 atom stereocenters. The zero-order chi connectivity index (χ0) is 29.0. The summed E-state index contributed by atoms with van der Waals surface area (Å²) in [6, 6.07) is 15.2. The maximum absolute atomic E-state index is 11.7. The van der Waals surface area contributed by atoms with Gasteiger partial charge in [0.15, 0.2) is 16.7 Å². The van der Waals surface area contributed by atoms with Crippen molar-refractivity contribution >= 4 is 29.1 Å². The van der Waals surface area contributed by atoms with Crippen LogP contribution in [0.3, 0.4) is 0 Å². The number of ether oxygens (including phenoxy) is 2. The van der Waals surface area contributed by atoms with E-state index < -0.39 is 16.7 Å². The number of nitro groups is 2. The van der Waals surface area contributed by atoms with Gasteiger partial charge in [-0.1, -0.05) is 29.4 Å². The number of nitrogens with zero attached hydrogens (tertiary/aromatic N) is 5. The van der Waals surface area contributed by atoms with Crippen LogP contribution in [0.1, 0.15) is 33.3 Å². The first-order valence-corrected chi connectivity index (χ1v) is 13.3. The highest BCUT2D eigenvalue weighted by atomic mass is 35.5. The summed E-state index contributed by atoms with van der Waals surface area (Å²) in [7, 11) is 1.45. The Morgan fingerprint density at radius 1 is 1.00 bits per heavy atom. The van der Waals surface area contributed by atoms with Gasteiger partial charge >= 0.3 is 0 Å². The van der Waals surface area contributed by atoms with Gasteiger partial charge in [0.1, 0.15) is 17.7 Å². The minimum absolute atomic E-state index is 0.0263. The summed E-state index contributed by atoms with van der Waals surface area (Å²) in [6.45, 7) is 5.55. The number of thioether (sulfide) groups is 1. The van der Waals surface area contributed by atoms with Gasteiger partial charge in [0, 0.05) is 22.7 Å². The molecular weight excluding hydrogens is 558 g/mol. The molecule has 11 nitrogen and oxygen atoms in total. The molecule has 4 aromatic rings. The summed E-state index contributed by atoms with van der Waals surface area (Å²) in [6.07, 6.45) is 0. The van der Waals surface area contributed by atoms with E-state index in [1.54, 1.807) is 24.3 Å². The fourth-order valence-corrected chi connectivity index (χ4v) is 5.42. The van der Waals surface area contributed by atoms with Crippen LogP contribution in [-0.2, 0) is 6.61 Å². The molecule has 0 fully saturated rings. The van der Waals surface area contributed by atoms with Gasteiger partial charge < -0.3 is 9.47 Å². The van der Waals surface area contributed by atoms with Gasteiger partial charge in [-0.25, -0.2) is 0 Å². The molecule has 13 heteroatoms. The molecule has 40 heavy (non-hydrogen) atoms. The average Bonchev–Trinajstić information content (AvgIpc) is 3.28. The van der Waals surface area contributed by atoms with Crippen molar-refractivity contribution in [2.75, 3.05) is 13.7 Å². The van der Waals surface area contributed by atoms with E-state index >= 15 is 0 Å². The molecule has 0 spiro atoms. The maximum atomic E-state index is 11.7. The summed E-state index contributed by atoms with van der Waals surface area (Å²) in [4.78, 5) is 21.7. The minimum Gasteiger partial charge on any atom is -0.493 e. The molecule has 0 bridgehead atoms. The Kier molecular flexibility index (Phi) is 8.90. The molecule has 0 amide bonds. The Morgan fingerprint density at radius 3 is 2.35 bits per heavy atom. The van der Waals surface area contributed by atoms with Crippen LogP contribution in [0, 0.1) is 41.0 Å². The molecule has 0 radical (unpaired) electrons. The van der Waals surface area contributed by atoms with Gasteiger partial charge in [-0.3, -0.25) is 24.8 Å². The molecule has 0 saturated carbocycles. The lowest BCUT2D eigenvalue weighted by Crippen LogP contribution is -2.12. The van der Waals surface area contributed by atoms with Crippen LogP contribution >= 0.6 is 23.4 Å². The molecule has 1 aromatic heterocycles. The largest absolute Gasteiger partial charge is 0.493 e. The topological polar surface area (TPSA) is 135 Å². The molecule has 1 heterocycles. The first kappa shape index (κ1) is 28.8. The van der Waals surface area contributed by atoms with E-state index in [2.05, 4.69) is 10.2 Å². The summed E-state index contributed by atoms with van der Waals surface area (Å²) >= 11 is 7.79. The van der Waals surface area contributed by atoms with Crippen LogP contribution in [-0.4, -0.2) is 38.3 Å².